The van der Waals surface area contributed by atoms with E-state index >= 15 is 0 Å². The van der Waals surface area contributed by atoms with Gasteiger partial charge in [0.1, 0.15) is 12.3 Å². The summed E-state index contributed by atoms with van der Waals surface area (Å²) in [6.45, 7) is 1.14. The fourth-order valence-corrected chi connectivity index (χ4v) is 2.67. The predicted octanol–water partition coefficient (Wildman–Crippen LogP) is -3.28. The van der Waals surface area contributed by atoms with Gasteiger partial charge in [-0.25, -0.2) is 0 Å². The first-order chi connectivity index (χ1) is 14.7. The van der Waals surface area contributed by atoms with Crippen molar-refractivity contribution in [2.45, 2.75) is 63.1 Å². The molecule has 13 heteroatoms. The number of aliphatic imine (C=N–C) groups is 2. The Morgan fingerprint density at radius 1 is 0.806 bits per heavy atom. The van der Waals surface area contributed by atoms with Crippen LogP contribution in [0.4, 0.5) is 0 Å². The number of carbonyl (C=O) groups is 3. The molecule has 0 aliphatic heterocycles. The van der Waals surface area contributed by atoms with Crippen LogP contribution >= 0.6 is 0 Å². The number of aldehydes is 1. The third kappa shape index (κ3) is 14.7. The number of rotatable bonds is 17. The largest absolute Gasteiger partial charge is 0.370 e. The Morgan fingerprint density at radius 2 is 1.39 bits per heavy atom. The number of nitrogens with zero attached hydrogens (tertiary/aromatic N) is 2. The summed E-state index contributed by atoms with van der Waals surface area (Å²) in [7, 11) is 0. The van der Waals surface area contributed by atoms with E-state index in [1.165, 1.54) is 0 Å². The van der Waals surface area contributed by atoms with Crippen molar-refractivity contribution in [2.24, 2.45) is 44.4 Å². The molecule has 31 heavy (non-hydrogen) atoms. The Morgan fingerprint density at radius 3 is 1.90 bits per heavy atom. The highest BCUT2D eigenvalue weighted by Crippen LogP contribution is 2.04. The predicted molar refractivity (Wildman–Crippen MR) is 121 cm³/mol. The zero-order valence-corrected chi connectivity index (χ0v) is 18.0. The lowest BCUT2D eigenvalue weighted by molar-refractivity contribution is -0.131. The van der Waals surface area contributed by atoms with E-state index in [0.717, 1.165) is 6.42 Å². The Kier molecular flexibility index (Phi) is 15.2. The summed E-state index contributed by atoms with van der Waals surface area (Å²) < 4.78 is 0. The van der Waals surface area contributed by atoms with Crippen molar-refractivity contribution in [2.75, 3.05) is 19.6 Å². The van der Waals surface area contributed by atoms with Gasteiger partial charge in [0.2, 0.25) is 11.8 Å². The molecule has 0 rings (SSSR count). The molecule has 0 aromatic carbocycles. The van der Waals surface area contributed by atoms with E-state index in [2.05, 4.69) is 20.6 Å². The number of amides is 2. The average molecular weight is 443 g/mol. The van der Waals surface area contributed by atoms with Crippen LogP contribution in [-0.4, -0.2) is 67.8 Å². The van der Waals surface area contributed by atoms with Crippen molar-refractivity contribution >= 4 is 30.0 Å². The van der Waals surface area contributed by atoms with Crippen molar-refractivity contribution in [1.82, 2.24) is 10.6 Å². The molecule has 0 fully saturated rings. The highest BCUT2D eigenvalue weighted by molar-refractivity contribution is 5.90. The lowest BCUT2D eigenvalue weighted by atomic mass is 10.1. The maximum absolute atomic E-state index is 12.7. The van der Waals surface area contributed by atoms with Gasteiger partial charge in [-0.15, -0.1) is 0 Å². The molecule has 3 atom stereocenters. The van der Waals surface area contributed by atoms with E-state index in [9.17, 15) is 14.4 Å². The van der Waals surface area contributed by atoms with E-state index in [0.29, 0.717) is 58.0 Å². The number of nitrogens with two attached hydrogens (primary N) is 6. The van der Waals surface area contributed by atoms with Crippen molar-refractivity contribution in [3.05, 3.63) is 0 Å². The van der Waals surface area contributed by atoms with Gasteiger partial charge in [-0.3, -0.25) is 19.6 Å². The molecule has 178 valence electrons. The third-order valence-electron chi connectivity index (χ3n) is 4.34. The van der Waals surface area contributed by atoms with Crippen LogP contribution in [0.1, 0.15) is 44.9 Å². The van der Waals surface area contributed by atoms with E-state index in [4.69, 9.17) is 34.4 Å². The van der Waals surface area contributed by atoms with E-state index in [1.54, 1.807) is 0 Å². The van der Waals surface area contributed by atoms with Gasteiger partial charge in [-0.05, 0) is 45.1 Å². The van der Waals surface area contributed by atoms with Gasteiger partial charge >= 0.3 is 0 Å². The Bertz CT molecular complexity index is 603. The molecule has 0 radical (unpaired) electrons. The lowest BCUT2D eigenvalue weighted by Crippen LogP contribution is -2.53. The van der Waals surface area contributed by atoms with Crippen molar-refractivity contribution < 1.29 is 14.4 Å². The average Bonchev–Trinajstić information content (AvgIpc) is 2.71. The van der Waals surface area contributed by atoms with Crippen molar-refractivity contribution in [1.29, 1.82) is 0 Å². The maximum atomic E-state index is 12.7. The standard InChI is InChI=1S/C18H38N10O3/c19-8-2-1-6-13(20)15(30)28-14(7-4-10-26-18(23)24)16(31)27-12(11-29)5-3-9-25-17(21)22/h11-14H,1-10,19-20H2,(H,27,31)(H,28,30)(H4,21,22,25)(H4,23,24,26)/t12-,13-,14-/m0/s1. The van der Waals surface area contributed by atoms with Crippen LogP contribution in [0.3, 0.4) is 0 Å². The number of unbranched alkanes of at least 4 members (excludes halogenated alkanes) is 1. The summed E-state index contributed by atoms with van der Waals surface area (Å²) in [4.78, 5) is 44.1. The summed E-state index contributed by atoms with van der Waals surface area (Å²) in [5, 5.41) is 5.28. The number of guanidine groups is 2. The first kappa shape index (κ1) is 28.1. The molecule has 0 saturated heterocycles. The van der Waals surface area contributed by atoms with Crippen LogP contribution in [0.2, 0.25) is 0 Å². The minimum absolute atomic E-state index is 0.0435. The molecule has 0 aromatic heterocycles. The van der Waals surface area contributed by atoms with Gasteiger partial charge in [0.05, 0.1) is 12.1 Å². The summed E-state index contributed by atoms with van der Waals surface area (Å²) >= 11 is 0. The molecule has 0 aromatic rings. The number of nitrogens with one attached hydrogen (secondary N) is 2. The fraction of sp³-hybridized carbons (Fsp3) is 0.722. The fourth-order valence-electron chi connectivity index (χ4n) is 2.67. The molecule has 2 amide bonds. The summed E-state index contributed by atoms with van der Waals surface area (Å²) in [6.07, 6.45) is 4.09. The highest BCUT2D eigenvalue weighted by Gasteiger charge is 2.25. The van der Waals surface area contributed by atoms with Crippen LogP contribution in [0, 0.1) is 0 Å². The molecule has 0 unspecified atom stereocenters. The Balaban J connectivity index is 4.92. The van der Waals surface area contributed by atoms with Gasteiger partial charge in [0, 0.05) is 13.1 Å². The minimum atomic E-state index is -0.887. The molecular formula is C18H38N10O3. The monoisotopic (exact) mass is 442 g/mol. The van der Waals surface area contributed by atoms with Crippen LogP contribution in [0.15, 0.2) is 9.98 Å². The van der Waals surface area contributed by atoms with Gasteiger partial charge in [0.15, 0.2) is 11.9 Å². The lowest BCUT2D eigenvalue weighted by Gasteiger charge is -2.22. The molecule has 14 N–H and O–H groups in total. The first-order valence-electron chi connectivity index (χ1n) is 10.3. The Labute approximate surface area is 182 Å². The smallest absolute Gasteiger partial charge is 0.243 e. The summed E-state index contributed by atoms with van der Waals surface area (Å²) in [5.74, 6) is -1.05. The summed E-state index contributed by atoms with van der Waals surface area (Å²) in [5.41, 5.74) is 32.5. The van der Waals surface area contributed by atoms with Gasteiger partial charge in [0.25, 0.3) is 0 Å². The number of hydrogen-bond acceptors (Lipinski definition) is 7. The molecule has 0 saturated carbocycles. The van der Waals surface area contributed by atoms with Gasteiger partial charge < -0.3 is 49.8 Å². The molecule has 0 aliphatic rings. The minimum Gasteiger partial charge on any atom is -0.370 e. The highest BCUT2D eigenvalue weighted by atomic mass is 16.2. The Hall–Kier alpha value is -2.93. The van der Waals surface area contributed by atoms with Crippen LogP contribution in [0.25, 0.3) is 0 Å². The second-order valence-corrected chi connectivity index (χ2v) is 7.10. The molecule has 13 nitrogen and oxygen atoms in total. The zero-order chi connectivity index (χ0) is 23.6. The van der Waals surface area contributed by atoms with Crippen LogP contribution in [0.5, 0.6) is 0 Å². The maximum Gasteiger partial charge on any atom is 0.243 e. The van der Waals surface area contributed by atoms with Gasteiger partial charge in [-0.1, -0.05) is 6.42 Å². The second-order valence-electron chi connectivity index (χ2n) is 7.10. The topological polar surface area (TPSA) is 256 Å². The van der Waals surface area contributed by atoms with Crippen LogP contribution < -0.4 is 45.0 Å². The molecule has 0 bridgehead atoms. The summed E-state index contributed by atoms with van der Waals surface area (Å²) in [6, 6.07) is -2.39. The van der Waals surface area contributed by atoms with Crippen molar-refractivity contribution in [3.8, 4) is 0 Å². The van der Waals surface area contributed by atoms with E-state index < -0.39 is 29.9 Å². The molecule has 0 spiro atoms. The quantitative estimate of drug-likeness (QED) is 0.0485. The first-order valence-corrected chi connectivity index (χ1v) is 10.3. The van der Waals surface area contributed by atoms with E-state index in [-0.39, 0.29) is 18.3 Å². The number of hydrogen-bond donors (Lipinski definition) is 8. The number of carbonyl (C=O) groups excluding carboxylic acids is 3. The normalized spacial score (nSPS) is 13.4. The second kappa shape index (κ2) is 16.8. The zero-order valence-electron chi connectivity index (χ0n) is 18.0. The van der Waals surface area contributed by atoms with E-state index in [1.807, 2.05) is 0 Å². The molecular weight excluding hydrogens is 404 g/mol. The van der Waals surface area contributed by atoms with Crippen LogP contribution in [-0.2, 0) is 14.4 Å². The SMILES string of the molecule is NCCCC[C@H](N)C(=O)N[C@@H](CCCN=C(N)N)C(=O)N[C@H](C=O)CCCN=C(N)N. The van der Waals surface area contributed by atoms with Crippen molar-refractivity contribution in [3.63, 3.8) is 0 Å². The molecule has 0 aliphatic carbocycles. The third-order valence-corrected chi connectivity index (χ3v) is 4.34. The van der Waals surface area contributed by atoms with Gasteiger partial charge in [-0.2, -0.15) is 0 Å². The molecule has 0 heterocycles.